The molecular formula is C16H22BrClN2O2. The van der Waals surface area contributed by atoms with Crippen LogP contribution < -0.4 is 10.1 Å². The summed E-state index contributed by atoms with van der Waals surface area (Å²) in [6.45, 7) is 2.16. The molecule has 4 nitrogen and oxygen atoms in total. The van der Waals surface area contributed by atoms with Crippen molar-refractivity contribution in [2.24, 2.45) is 0 Å². The highest BCUT2D eigenvalue weighted by Crippen LogP contribution is 2.24. The van der Waals surface area contributed by atoms with Gasteiger partial charge in [-0.05, 0) is 47.3 Å². The highest BCUT2D eigenvalue weighted by Gasteiger charge is 2.30. The van der Waals surface area contributed by atoms with Gasteiger partial charge in [0.15, 0.2) is 0 Å². The van der Waals surface area contributed by atoms with Crippen LogP contribution in [-0.2, 0) is 4.79 Å². The van der Waals surface area contributed by atoms with Crippen LogP contribution in [0.4, 0.5) is 0 Å². The molecule has 1 amide bonds. The Hall–Kier alpha value is -0.780. The number of fused-ring (bicyclic) bond motifs is 2. The second-order valence-electron chi connectivity index (χ2n) is 5.80. The fourth-order valence-electron chi connectivity index (χ4n) is 3.14. The van der Waals surface area contributed by atoms with E-state index in [0.29, 0.717) is 25.1 Å². The predicted molar refractivity (Wildman–Crippen MR) is 92.6 cm³/mol. The average molecular weight is 390 g/mol. The van der Waals surface area contributed by atoms with E-state index < -0.39 is 0 Å². The lowest BCUT2D eigenvalue weighted by atomic mass is 10.1. The quantitative estimate of drug-likeness (QED) is 0.861. The maximum absolute atomic E-state index is 12.3. The topological polar surface area (TPSA) is 41.6 Å². The standard InChI is InChI=1S/C16H21BrN2O2.ClH/c17-14-3-1-2-4-15(14)21-10-8-16(20)19-9-7-12-5-6-13(11-19)18-12;/h1-4,12-13,18H,5-11H2;1H. The van der Waals surface area contributed by atoms with Crippen molar-refractivity contribution in [1.29, 1.82) is 0 Å². The van der Waals surface area contributed by atoms with E-state index in [9.17, 15) is 4.79 Å². The number of halogens is 2. The number of para-hydroxylation sites is 1. The zero-order chi connectivity index (χ0) is 14.7. The summed E-state index contributed by atoms with van der Waals surface area (Å²) in [6, 6.07) is 8.83. The minimum absolute atomic E-state index is 0. The molecule has 2 fully saturated rings. The molecule has 0 radical (unpaired) electrons. The number of carbonyl (C=O) groups is 1. The lowest BCUT2D eigenvalue weighted by Gasteiger charge is -2.24. The van der Waals surface area contributed by atoms with Crippen molar-refractivity contribution in [2.45, 2.75) is 37.8 Å². The Morgan fingerprint density at radius 2 is 2.05 bits per heavy atom. The Morgan fingerprint density at radius 1 is 1.27 bits per heavy atom. The van der Waals surface area contributed by atoms with Crippen molar-refractivity contribution >= 4 is 34.2 Å². The summed E-state index contributed by atoms with van der Waals surface area (Å²) in [5.74, 6) is 0.998. The molecule has 0 saturated carbocycles. The van der Waals surface area contributed by atoms with Crippen LogP contribution in [-0.4, -0.2) is 42.6 Å². The number of likely N-dealkylation sites (tertiary alicyclic amines) is 1. The van der Waals surface area contributed by atoms with Gasteiger partial charge in [-0.25, -0.2) is 0 Å². The molecule has 1 N–H and O–H groups in total. The van der Waals surface area contributed by atoms with Crippen molar-refractivity contribution in [3.05, 3.63) is 28.7 Å². The van der Waals surface area contributed by atoms with Crippen LogP contribution in [0.25, 0.3) is 0 Å². The first-order valence-corrected chi connectivity index (χ1v) is 8.43. The van der Waals surface area contributed by atoms with E-state index in [0.717, 1.165) is 29.7 Å². The van der Waals surface area contributed by atoms with Crippen molar-refractivity contribution in [2.75, 3.05) is 19.7 Å². The Bertz CT molecular complexity index is 515. The number of rotatable bonds is 4. The number of nitrogens with zero attached hydrogens (tertiary/aromatic N) is 1. The Kier molecular flexibility index (Phi) is 6.53. The third kappa shape index (κ3) is 4.37. The second kappa shape index (κ2) is 8.18. The Balaban J connectivity index is 0.00000176. The van der Waals surface area contributed by atoms with Gasteiger partial charge < -0.3 is 15.0 Å². The summed E-state index contributed by atoms with van der Waals surface area (Å²) >= 11 is 3.44. The van der Waals surface area contributed by atoms with Gasteiger partial charge >= 0.3 is 0 Å². The van der Waals surface area contributed by atoms with E-state index in [-0.39, 0.29) is 18.3 Å². The van der Waals surface area contributed by atoms with Crippen molar-refractivity contribution in [3.63, 3.8) is 0 Å². The van der Waals surface area contributed by atoms with Gasteiger partial charge in [-0.1, -0.05) is 12.1 Å². The number of ether oxygens (including phenoxy) is 1. The molecule has 0 aliphatic carbocycles. The highest BCUT2D eigenvalue weighted by molar-refractivity contribution is 9.10. The van der Waals surface area contributed by atoms with E-state index in [1.54, 1.807) is 0 Å². The van der Waals surface area contributed by atoms with Crippen molar-refractivity contribution in [3.8, 4) is 5.75 Å². The molecule has 2 heterocycles. The molecule has 6 heteroatoms. The molecule has 0 spiro atoms. The molecule has 122 valence electrons. The minimum atomic E-state index is 0. The van der Waals surface area contributed by atoms with Crippen LogP contribution >= 0.6 is 28.3 Å². The van der Waals surface area contributed by atoms with Crippen LogP contribution in [0.15, 0.2) is 28.7 Å². The van der Waals surface area contributed by atoms with Gasteiger partial charge in [0, 0.05) is 25.2 Å². The van der Waals surface area contributed by atoms with Gasteiger partial charge in [-0.15, -0.1) is 12.4 Å². The molecule has 2 aliphatic rings. The summed E-state index contributed by atoms with van der Waals surface area (Å²) in [5.41, 5.74) is 0. The fourth-order valence-corrected chi connectivity index (χ4v) is 3.54. The summed E-state index contributed by atoms with van der Waals surface area (Å²) in [5, 5.41) is 3.60. The van der Waals surface area contributed by atoms with Crippen LogP contribution in [0.1, 0.15) is 25.7 Å². The van der Waals surface area contributed by atoms with E-state index in [2.05, 4.69) is 21.2 Å². The summed E-state index contributed by atoms with van der Waals surface area (Å²) in [6.07, 6.45) is 3.98. The molecule has 0 aromatic heterocycles. The van der Waals surface area contributed by atoms with Crippen molar-refractivity contribution in [1.82, 2.24) is 10.2 Å². The van der Waals surface area contributed by atoms with Gasteiger partial charge in [-0.3, -0.25) is 4.79 Å². The molecule has 1 aromatic carbocycles. The number of hydrogen-bond donors (Lipinski definition) is 1. The number of carbonyl (C=O) groups excluding carboxylic acids is 1. The summed E-state index contributed by atoms with van der Waals surface area (Å²) in [4.78, 5) is 14.3. The molecule has 22 heavy (non-hydrogen) atoms. The van der Waals surface area contributed by atoms with Gasteiger partial charge in [0.05, 0.1) is 17.5 Å². The van der Waals surface area contributed by atoms with Crippen molar-refractivity contribution < 1.29 is 9.53 Å². The summed E-state index contributed by atoms with van der Waals surface area (Å²) in [7, 11) is 0. The van der Waals surface area contributed by atoms with E-state index in [4.69, 9.17) is 4.74 Å². The first kappa shape index (κ1) is 17.6. The fraction of sp³-hybridized carbons (Fsp3) is 0.562. The number of amides is 1. The molecule has 2 saturated heterocycles. The third-order valence-electron chi connectivity index (χ3n) is 4.29. The smallest absolute Gasteiger partial charge is 0.226 e. The Labute approximate surface area is 146 Å². The highest BCUT2D eigenvalue weighted by atomic mass is 79.9. The van der Waals surface area contributed by atoms with E-state index >= 15 is 0 Å². The number of benzene rings is 1. The molecule has 2 aliphatic heterocycles. The monoisotopic (exact) mass is 388 g/mol. The van der Waals surface area contributed by atoms with Gasteiger partial charge in [0.2, 0.25) is 5.91 Å². The number of hydrogen-bond acceptors (Lipinski definition) is 3. The molecule has 1 aromatic rings. The van der Waals surface area contributed by atoms with Crippen LogP contribution in [0.5, 0.6) is 5.75 Å². The molecule has 2 atom stereocenters. The lowest BCUT2D eigenvalue weighted by molar-refractivity contribution is -0.131. The Morgan fingerprint density at radius 3 is 2.86 bits per heavy atom. The average Bonchev–Trinajstić information content (AvgIpc) is 2.80. The zero-order valence-corrected chi connectivity index (χ0v) is 14.9. The molecule has 2 bridgehead atoms. The van der Waals surface area contributed by atoms with Gasteiger partial charge in [0.1, 0.15) is 5.75 Å². The third-order valence-corrected chi connectivity index (χ3v) is 4.94. The molecular weight excluding hydrogens is 368 g/mol. The van der Waals surface area contributed by atoms with Gasteiger partial charge in [-0.2, -0.15) is 0 Å². The predicted octanol–water partition coefficient (Wildman–Crippen LogP) is 2.99. The van der Waals surface area contributed by atoms with E-state index in [1.165, 1.54) is 12.8 Å². The molecule has 2 unspecified atom stereocenters. The largest absolute Gasteiger partial charge is 0.492 e. The maximum Gasteiger partial charge on any atom is 0.226 e. The molecule has 3 rings (SSSR count). The first-order chi connectivity index (χ1) is 10.2. The SMILES string of the molecule is Cl.O=C(CCOc1ccccc1Br)N1CCC2CCC(C1)N2. The second-order valence-corrected chi connectivity index (χ2v) is 6.65. The van der Waals surface area contributed by atoms with Crippen LogP contribution in [0.3, 0.4) is 0 Å². The van der Waals surface area contributed by atoms with Crippen LogP contribution in [0, 0.1) is 0 Å². The van der Waals surface area contributed by atoms with Crippen LogP contribution in [0.2, 0.25) is 0 Å². The zero-order valence-electron chi connectivity index (χ0n) is 12.5. The van der Waals surface area contributed by atoms with Gasteiger partial charge in [0.25, 0.3) is 0 Å². The maximum atomic E-state index is 12.3. The summed E-state index contributed by atoms with van der Waals surface area (Å²) < 4.78 is 6.61. The normalized spacial score (nSPS) is 23.6. The lowest BCUT2D eigenvalue weighted by Crippen LogP contribution is -2.39. The van der Waals surface area contributed by atoms with E-state index in [1.807, 2.05) is 29.2 Å². The first-order valence-electron chi connectivity index (χ1n) is 7.63. The minimum Gasteiger partial charge on any atom is -0.492 e. The number of nitrogens with one attached hydrogen (secondary N) is 1.